The lowest BCUT2D eigenvalue weighted by Crippen LogP contribution is -2.14. The molecule has 106 valence electrons. The van der Waals surface area contributed by atoms with Crippen molar-refractivity contribution in [3.8, 4) is 5.75 Å². The molecular formula is C18H16O3. The quantitative estimate of drug-likeness (QED) is 0.686. The van der Waals surface area contributed by atoms with Crippen LogP contribution in [0.1, 0.15) is 27.9 Å². The van der Waals surface area contributed by atoms with Crippen LogP contribution >= 0.6 is 0 Å². The second-order valence-corrected chi connectivity index (χ2v) is 5.08. The first-order valence-corrected chi connectivity index (χ1v) is 6.95. The predicted octanol–water partition coefficient (Wildman–Crippen LogP) is 3.84. The number of allylic oxidation sites excluding steroid dienone is 1. The Balaban J connectivity index is 1.76. The van der Waals surface area contributed by atoms with Crippen LogP contribution in [0.4, 0.5) is 0 Å². The highest BCUT2D eigenvalue weighted by Gasteiger charge is 2.22. The lowest BCUT2D eigenvalue weighted by molar-refractivity contribution is 0.102. The lowest BCUT2D eigenvalue weighted by atomic mass is 9.87. The van der Waals surface area contributed by atoms with Gasteiger partial charge in [0.1, 0.15) is 12.4 Å². The predicted molar refractivity (Wildman–Crippen MR) is 80.6 cm³/mol. The smallest absolute Gasteiger partial charge is 0.192 e. The van der Waals surface area contributed by atoms with Crippen molar-refractivity contribution in [3.05, 3.63) is 77.1 Å². The molecule has 2 aromatic carbocycles. The lowest BCUT2D eigenvalue weighted by Gasteiger charge is -2.17. The maximum Gasteiger partial charge on any atom is 0.192 e. The zero-order valence-electron chi connectivity index (χ0n) is 11.6. The van der Waals surface area contributed by atoms with Crippen LogP contribution in [0.15, 0.2) is 60.4 Å². The highest BCUT2D eigenvalue weighted by molar-refractivity contribution is 6.10. The third-order valence-corrected chi connectivity index (χ3v) is 3.68. The Hall–Kier alpha value is -2.55. The van der Waals surface area contributed by atoms with Gasteiger partial charge in [0.05, 0.1) is 6.26 Å². The molecule has 0 spiro atoms. The topological polar surface area (TPSA) is 46.5 Å². The van der Waals surface area contributed by atoms with E-state index in [9.17, 15) is 4.79 Å². The van der Waals surface area contributed by atoms with Crippen molar-refractivity contribution in [1.29, 1.82) is 0 Å². The van der Waals surface area contributed by atoms with Gasteiger partial charge in [0.25, 0.3) is 0 Å². The van der Waals surface area contributed by atoms with Gasteiger partial charge in [0.2, 0.25) is 0 Å². The zero-order valence-corrected chi connectivity index (χ0v) is 11.6. The number of carbonyl (C=O) groups is 1. The molecule has 3 nitrogen and oxygen atoms in total. The van der Waals surface area contributed by atoms with E-state index in [1.165, 1.54) is 0 Å². The Bertz CT molecular complexity index is 687. The van der Waals surface area contributed by atoms with E-state index in [0.29, 0.717) is 24.2 Å². The van der Waals surface area contributed by atoms with E-state index in [1.807, 2.05) is 36.4 Å². The Kier molecular flexibility index (Phi) is 3.73. The summed E-state index contributed by atoms with van der Waals surface area (Å²) in [5, 5.41) is 9.04. The monoisotopic (exact) mass is 280 g/mol. The van der Waals surface area contributed by atoms with Gasteiger partial charge in [0, 0.05) is 11.1 Å². The van der Waals surface area contributed by atoms with Crippen molar-refractivity contribution in [1.82, 2.24) is 0 Å². The molecule has 0 atom stereocenters. The normalized spacial score (nSPS) is 15.8. The standard InChI is InChI=1S/C18H16O3/c19-11-15-7-6-14-10-16(8-9-17(14)18(15)20)21-12-13-4-2-1-3-5-13/h1-5,8-11,19H,6-7,12H2/b15-11+. The summed E-state index contributed by atoms with van der Waals surface area (Å²) in [6.07, 6.45) is 2.24. The fourth-order valence-electron chi connectivity index (χ4n) is 2.51. The van der Waals surface area contributed by atoms with Gasteiger partial charge in [-0.05, 0) is 42.2 Å². The molecule has 0 heterocycles. The number of rotatable bonds is 3. The number of aryl methyl sites for hydroxylation is 1. The summed E-state index contributed by atoms with van der Waals surface area (Å²) in [7, 11) is 0. The SMILES string of the molecule is O=C1/C(=C/O)CCc2cc(OCc3ccccc3)ccc21. The van der Waals surface area contributed by atoms with E-state index in [4.69, 9.17) is 9.84 Å². The van der Waals surface area contributed by atoms with Crippen LogP contribution in [0.25, 0.3) is 0 Å². The number of carbonyl (C=O) groups excluding carboxylic acids is 1. The van der Waals surface area contributed by atoms with E-state index < -0.39 is 0 Å². The van der Waals surface area contributed by atoms with Gasteiger partial charge in [0.15, 0.2) is 5.78 Å². The number of fused-ring (bicyclic) bond motifs is 1. The number of aliphatic hydroxyl groups excluding tert-OH is 1. The van der Waals surface area contributed by atoms with E-state index in [1.54, 1.807) is 12.1 Å². The first kappa shape index (κ1) is 13.4. The van der Waals surface area contributed by atoms with Crippen molar-refractivity contribution in [2.45, 2.75) is 19.4 Å². The number of benzene rings is 2. The van der Waals surface area contributed by atoms with Crippen LogP contribution in [0.5, 0.6) is 5.75 Å². The van der Waals surface area contributed by atoms with E-state index >= 15 is 0 Å². The first-order chi connectivity index (χ1) is 10.3. The number of hydrogen-bond acceptors (Lipinski definition) is 3. The number of hydrogen-bond donors (Lipinski definition) is 1. The van der Waals surface area contributed by atoms with E-state index in [2.05, 4.69) is 0 Å². The Morgan fingerprint density at radius 3 is 2.67 bits per heavy atom. The fraction of sp³-hybridized carbons (Fsp3) is 0.167. The highest BCUT2D eigenvalue weighted by Crippen LogP contribution is 2.28. The van der Waals surface area contributed by atoms with Crippen LogP contribution in [-0.4, -0.2) is 10.9 Å². The van der Waals surface area contributed by atoms with Gasteiger partial charge < -0.3 is 9.84 Å². The van der Waals surface area contributed by atoms with Crippen molar-refractivity contribution in [3.63, 3.8) is 0 Å². The molecule has 3 heteroatoms. The summed E-state index contributed by atoms with van der Waals surface area (Å²) < 4.78 is 5.77. The average molecular weight is 280 g/mol. The van der Waals surface area contributed by atoms with Gasteiger partial charge in [-0.3, -0.25) is 4.79 Å². The Morgan fingerprint density at radius 1 is 1.10 bits per heavy atom. The molecule has 21 heavy (non-hydrogen) atoms. The molecule has 0 saturated heterocycles. The van der Waals surface area contributed by atoms with Gasteiger partial charge >= 0.3 is 0 Å². The Morgan fingerprint density at radius 2 is 1.90 bits per heavy atom. The van der Waals surface area contributed by atoms with Crippen molar-refractivity contribution in [2.24, 2.45) is 0 Å². The molecule has 0 saturated carbocycles. The molecule has 0 aliphatic heterocycles. The minimum absolute atomic E-state index is 0.0895. The maximum atomic E-state index is 12.1. The second kappa shape index (κ2) is 5.83. The van der Waals surface area contributed by atoms with Crippen molar-refractivity contribution in [2.75, 3.05) is 0 Å². The molecule has 1 N–H and O–H groups in total. The van der Waals surface area contributed by atoms with Crippen LogP contribution in [-0.2, 0) is 13.0 Å². The Labute approximate surface area is 123 Å². The number of ketones is 1. The maximum absolute atomic E-state index is 12.1. The largest absolute Gasteiger partial charge is 0.515 e. The molecule has 3 rings (SSSR count). The molecule has 0 radical (unpaired) electrons. The molecule has 0 aromatic heterocycles. The summed E-state index contributed by atoms with van der Waals surface area (Å²) in [5.74, 6) is 0.676. The van der Waals surface area contributed by atoms with E-state index in [0.717, 1.165) is 29.6 Å². The van der Waals surface area contributed by atoms with Gasteiger partial charge in [-0.2, -0.15) is 0 Å². The molecule has 2 aromatic rings. The van der Waals surface area contributed by atoms with Crippen LogP contribution in [0, 0.1) is 0 Å². The minimum Gasteiger partial charge on any atom is -0.515 e. The number of aliphatic hydroxyl groups is 1. The number of ether oxygens (including phenoxy) is 1. The van der Waals surface area contributed by atoms with Crippen LogP contribution in [0.2, 0.25) is 0 Å². The molecular weight excluding hydrogens is 264 g/mol. The van der Waals surface area contributed by atoms with Crippen LogP contribution in [0.3, 0.4) is 0 Å². The summed E-state index contributed by atoms with van der Waals surface area (Å²) in [6.45, 7) is 0.509. The first-order valence-electron chi connectivity index (χ1n) is 6.95. The third-order valence-electron chi connectivity index (χ3n) is 3.68. The average Bonchev–Trinajstić information content (AvgIpc) is 2.54. The summed E-state index contributed by atoms with van der Waals surface area (Å²) in [4.78, 5) is 12.1. The zero-order chi connectivity index (χ0) is 14.7. The molecule has 1 aliphatic carbocycles. The number of Topliss-reactive ketones (excluding diaryl/α,β-unsaturated/α-hetero) is 1. The summed E-state index contributed by atoms with van der Waals surface area (Å²) in [6, 6.07) is 15.5. The van der Waals surface area contributed by atoms with Gasteiger partial charge in [-0.25, -0.2) is 0 Å². The van der Waals surface area contributed by atoms with Gasteiger partial charge in [-0.15, -0.1) is 0 Å². The van der Waals surface area contributed by atoms with Gasteiger partial charge in [-0.1, -0.05) is 30.3 Å². The third kappa shape index (κ3) is 2.82. The minimum atomic E-state index is -0.0895. The fourth-order valence-corrected chi connectivity index (χ4v) is 2.51. The van der Waals surface area contributed by atoms with E-state index in [-0.39, 0.29) is 5.78 Å². The second-order valence-electron chi connectivity index (χ2n) is 5.08. The molecule has 0 unspecified atom stereocenters. The molecule has 0 fully saturated rings. The highest BCUT2D eigenvalue weighted by atomic mass is 16.5. The van der Waals surface area contributed by atoms with Crippen molar-refractivity contribution < 1.29 is 14.6 Å². The molecule has 1 aliphatic rings. The molecule has 0 bridgehead atoms. The summed E-state index contributed by atoms with van der Waals surface area (Å²) in [5.41, 5.74) is 3.22. The molecule has 0 amide bonds. The summed E-state index contributed by atoms with van der Waals surface area (Å²) >= 11 is 0. The van der Waals surface area contributed by atoms with Crippen molar-refractivity contribution >= 4 is 5.78 Å². The van der Waals surface area contributed by atoms with Crippen LogP contribution < -0.4 is 4.74 Å².